The summed E-state index contributed by atoms with van der Waals surface area (Å²) < 4.78 is 175. The van der Waals surface area contributed by atoms with Crippen molar-refractivity contribution in [2.24, 2.45) is 0 Å². The number of aliphatic hydroxyl groups is 3. The molecule has 5 nitrogen and oxygen atoms in total. The van der Waals surface area contributed by atoms with Gasteiger partial charge in [0.2, 0.25) is 6.29 Å². The van der Waals surface area contributed by atoms with E-state index in [1.165, 1.54) is 6.92 Å². The van der Waals surface area contributed by atoms with Crippen molar-refractivity contribution in [3.05, 3.63) is 0 Å². The predicted molar refractivity (Wildman–Crippen MR) is 77.2 cm³/mol. The molecule has 0 saturated carbocycles. The van der Waals surface area contributed by atoms with Gasteiger partial charge in [-0.05, 0) is 6.92 Å². The van der Waals surface area contributed by atoms with Crippen LogP contribution in [0.2, 0.25) is 0 Å². The predicted octanol–water partition coefficient (Wildman–Crippen LogP) is 3.19. The standard InChI is InChI=1S/C14H19F13NO4/c1-3-32-8(31)4-5-28(2,6-7(29)30)14(26,27)12(21,22)10(17,18)9(15,16)11(19,20)13(23,24)25/h7-8,29-31H,3-6H2,1-2H3/q+1. The number of hydrogen-bond donors (Lipinski definition) is 3. The molecular formula is C14H19F13NO4+. The maximum absolute atomic E-state index is 14.5. The fraction of sp³-hybridized carbons (Fsp3) is 1.00. The fourth-order valence-electron chi connectivity index (χ4n) is 2.48. The number of rotatable bonds is 12. The molecule has 0 aromatic heterocycles. The highest BCUT2D eigenvalue weighted by Gasteiger charge is 2.93. The van der Waals surface area contributed by atoms with Crippen LogP contribution < -0.4 is 0 Å². The number of nitrogens with zero attached hydrogens (tertiary/aromatic N) is 1. The molecule has 0 fully saturated rings. The van der Waals surface area contributed by atoms with Crippen LogP contribution in [0.3, 0.4) is 0 Å². The Labute approximate surface area is 171 Å². The van der Waals surface area contributed by atoms with Crippen LogP contribution in [-0.4, -0.2) is 95.0 Å². The summed E-state index contributed by atoms with van der Waals surface area (Å²) in [5, 5.41) is 27.0. The smallest absolute Gasteiger partial charge is 0.368 e. The third-order valence-corrected chi connectivity index (χ3v) is 4.39. The van der Waals surface area contributed by atoms with Crippen LogP contribution in [0.25, 0.3) is 0 Å². The third kappa shape index (κ3) is 5.02. The van der Waals surface area contributed by atoms with Crippen molar-refractivity contribution < 1.29 is 81.6 Å². The van der Waals surface area contributed by atoms with Crippen LogP contribution in [0.15, 0.2) is 0 Å². The number of alkyl halides is 13. The molecule has 32 heavy (non-hydrogen) atoms. The lowest BCUT2D eigenvalue weighted by Gasteiger charge is -2.46. The fourth-order valence-corrected chi connectivity index (χ4v) is 2.48. The van der Waals surface area contributed by atoms with Gasteiger partial charge in [0, 0.05) is 13.0 Å². The van der Waals surface area contributed by atoms with E-state index in [0.29, 0.717) is 0 Å². The maximum atomic E-state index is 14.5. The number of likely N-dealkylation sites (N-methyl/N-ethyl adjacent to an activating group) is 1. The van der Waals surface area contributed by atoms with E-state index in [9.17, 15) is 62.2 Å². The van der Waals surface area contributed by atoms with Crippen LogP contribution in [0.4, 0.5) is 57.1 Å². The van der Waals surface area contributed by atoms with Gasteiger partial charge in [-0.25, -0.2) is 0 Å². The van der Waals surface area contributed by atoms with Gasteiger partial charge in [-0.3, -0.25) is 4.48 Å². The van der Waals surface area contributed by atoms with E-state index in [0.717, 1.165) is 0 Å². The van der Waals surface area contributed by atoms with Crippen LogP contribution in [0.1, 0.15) is 13.3 Å². The van der Waals surface area contributed by atoms with Crippen molar-refractivity contribution in [3.63, 3.8) is 0 Å². The normalized spacial score (nSPS) is 18.1. The van der Waals surface area contributed by atoms with Gasteiger partial charge in [-0.15, -0.1) is 8.78 Å². The molecule has 0 rings (SSSR count). The molecule has 0 spiro atoms. The Morgan fingerprint density at radius 1 is 0.719 bits per heavy atom. The van der Waals surface area contributed by atoms with E-state index in [1.807, 2.05) is 0 Å². The molecule has 3 N–H and O–H groups in total. The maximum Gasteiger partial charge on any atom is 0.461 e. The third-order valence-electron chi connectivity index (χ3n) is 4.39. The van der Waals surface area contributed by atoms with E-state index in [1.54, 1.807) is 0 Å². The Morgan fingerprint density at radius 2 is 1.12 bits per heavy atom. The summed E-state index contributed by atoms with van der Waals surface area (Å²) in [6, 6.07) is -6.61. The van der Waals surface area contributed by atoms with E-state index in [4.69, 9.17) is 10.2 Å². The Hall–Kier alpha value is -1.11. The first-order chi connectivity index (χ1) is 13.9. The van der Waals surface area contributed by atoms with Gasteiger partial charge in [0.25, 0.3) is 0 Å². The van der Waals surface area contributed by atoms with Gasteiger partial charge in [0.15, 0.2) is 6.29 Å². The minimum atomic E-state index is -8.07. The molecule has 2 unspecified atom stereocenters. The van der Waals surface area contributed by atoms with E-state index >= 15 is 0 Å². The van der Waals surface area contributed by atoms with Crippen molar-refractivity contribution >= 4 is 0 Å². The Morgan fingerprint density at radius 3 is 1.47 bits per heavy atom. The molecule has 18 heteroatoms. The lowest BCUT2D eigenvalue weighted by atomic mass is 9.95. The molecule has 0 bridgehead atoms. The first kappa shape index (κ1) is 30.9. The highest BCUT2D eigenvalue weighted by molar-refractivity contribution is 5.08. The van der Waals surface area contributed by atoms with E-state index < -0.39 is 72.5 Å². The van der Waals surface area contributed by atoms with Crippen LogP contribution >= 0.6 is 0 Å². The number of halogens is 13. The quantitative estimate of drug-likeness (QED) is 0.163. The van der Waals surface area contributed by atoms with Gasteiger partial charge in [-0.2, -0.15) is 48.3 Å². The Balaban J connectivity index is 6.54. The Kier molecular flexibility index (Phi) is 8.94. The molecule has 0 amide bonds. The van der Waals surface area contributed by atoms with Gasteiger partial charge in [0.05, 0.1) is 13.6 Å². The van der Waals surface area contributed by atoms with Crippen molar-refractivity contribution in [1.82, 2.24) is 0 Å². The summed E-state index contributed by atoms with van der Waals surface area (Å²) in [7, 11) is -0.137. The lowest BCUT2D eigenvalue weighted by Crippen LogP contribution is -2.76. The summed E-state index contributed by atoms with van der Waals surface area (Å²) >= 11 is 0. The second-order valence-electron chi connectivity index (χ2n) is 6.82. The van der Waals surface area contributed by atoms with E-state index in [-0.39, 0.29) is 13.7 Å². The Bertz CT molecular complexity index is 626. The minimum Gasteiger partial charge on any atom is -0.368 e. The molecule has 0 heterocycles. The molecule has 0 aromatic carbocycles. The van der Waals surface area contributed by atoms with Crippen LogP contribution in [0.5, 0.6) is 0 Å². The number of ether oxygens (including phenoxy) is 1. The second-order valence-corrected chi connectivity index (χ2v) is 6.82. The molecular weight excluding hydrogens is 493 g/mol. The van der Waals surface area contributed by atoms with Crippen LogP contribution in [0, 0.1) is 0 Å². The average Bonchev–Trinajstić information content (AvgIpc) is 2.57. The van der Waals surface area contributed by atoms with Crippen molar-refractivity contribution in [2.45, 2.75) is 61.8 Å². The monoisotopic (exact) mass is 512 g/mol. The molecule has 0 radical (unpaired) electrons. The molecule has 0 saturated heterocycles. The zero-order valence-electron chi connectivity index (χ0n) is 16.1. The van der Waals surface area contributed by atoms with Crippen molar-refractivity contribution in [3.8, 4) is 0 Å². The van der Waals surface area contributed by atoms with E-state index in [2.05, 4.69) is 4.74 Å². The summed E-state index contributed by atoms with van der Waals surface area (Å²) in [5.74, 6) is -31.6. The molecule has 194 valence electrons. The lowest BCUT2D eigenvalue weighted by molar-refractivity contribution is -1.01. The zero-order chi connectivity index (χ0) is 26.2. The van der Waals surface area contributed by atoms with Gasteiger partial charge in [0.1, 0.15) is 6.54 Å². The first-order valence-electron chi connectivity index (χ1n) is 8.33. The van der Waals surface area contributed by atoms with Gasteiger partial charge in [-0.1, -0.05) is 0 Å². The summed E-state index contributed by atoms with van der Waals surface area (Å²) in [6.45, 7) is -2.71. The molecule has 0 aliphatic rings. The molecule has 2 atom stereocenters. The molecule has 0 aliphatic carbocycles. The second kappa shape index (κ2) is 9.27. The highest BCUT2D eigenvalue weighted by Crippen LogP contribution is 2.61. The average molecular weight is 512 g/mol. The van der Waals surface area contributed by atoms with Crippen LogP contribution in [-0.2, 0) is 4.74 Å². The summed E-state index contributed by atoms with van der Waals surface area (Å²) in [6.07, 6.45) is -13.7. The number of quaternary nitrogens is 1. The number of aliphatic hydroxyl groups excluding tert-OH is 2. The zero-order valence-corrected chi connectivity index (χ0v) is 16.1. The van der Waals surface area contributed by atoms with Gasteiger partial charge < -0.3 is 20.1 Å². The molecule has 0 aliphatic heterocycles. The number of hydrogen-bond acceptors (Lipinski definition) is 4. The topological polar surface area (TPSA) is 69.9 Å². The largest absolute Gasteiger partial charge is 0.461 e. The summed E-state index contributed by atoms with van der Waals surface area (Å²) in [4.78, 5) is 0. The highest BCUT2D eigenvalue weighted by atomic mass is 19.4. The van der Waals surface area contributed by atoms with Crippen molar-refractivity contribution in [1.29, 1.82) is 0 Å². The van der Waals surface area contributed by atoms with Crippen molar-refractivity contribution in [2.75, 3.05) is 26.7 Å². The molecule has 0 aromatic rings. The van der Waals surface area contributed by atoms with Gasteiger partial charge >= 0.3 is 35.9 Å². The SMILES string of the molecule is CCOC(O)CC[N+](C)(CC(O)O)C(F)(F)C(F)(F)C(F)(F)C(F)(F)C(F)(F)C(F)(F)F. The minimum absolute atomic E-state index is 0.137. The summed E-state index contributed by atoms with van der Waals surface area (Å²) in [5.41, 5.74) is 0. The first-order valence-corrected chi connectivity index (χ1v) is 8.33.